The minimum Gasteiger partial charge on any atom is -0.465 e. The molecule has 0 aliphatic heterocycles. The molecule has 18 heavy (non-hydrogen) atoms. The lowest BCUT2D eigenvalue weighted by molar-refractivity contribution is 0.0594. The van der Waals surface area contributed by atoms with Gasteiger partial charge in [-0.2, -0.15) is 0 Å². The third-order valence-electron chi connectivity index (χ3n) is 2.25. The zero-order valence-electron chi connectivity index (χ0n) is 9.24. The molecule has 0 unspecified atom stereocenters. The molecular weight excluding hydrogens is 246 g/mol. The maximum absolute atomic E-state index is 13.4. The van der Waals surface area contributed by atoms with Crippen LogP contribution in [-0.2, 0) is 4.74 Å². The van der Waals surface area contributed by atoms with Gasteiger partial charge in [0, 0.05) is 11.6 Å². The minimum absolute atomic E-state index is 0.0920. The molecule has 0 fully saturated rings. The molecular formula is C11H8F2N2O3. The zero-order chi connectivity index (χ0) is 13.3. The summed E-state index contributed by atoms with van der Waals surface area (Å²) in [6.07, 6.45) is 0. The van der Waals surface area contributed by atoms with Gasteiger partial charge in [-0.05, 0) is 12.1 Å². The van der Waals surface area contributed by atoms with Crippen molar-refractivity contribution in [3.05, 3.63) is 35.4 Å². The number of aromatic nitrogens is 1. The molecule has 0 amide bonds. The third kappa shape index (κ3) is 2.02. The quantitative estimate of drug-likeness (QED) is 0.829. The van der Waals surface area contributed by atoms with Crippen LogP contribution in [0.3, 0.4) is 0 Å². The Morgan fingerprint density at radius 2 is 2.11 bits per heavy atom. The molecule has 0 saturated heterocycles. The lowest BCUT2D eigenvalue weighted by atomic mass is 10.1. The van der Waals surface area contributed by atoms with Gasteiger partial charge in [-0.3, -0.25) is 0 Å². The molecule has 0 aliphatic rings. The first kappa shape index (κ1) is 12.0. The fraction of sp³-hybridized carbons (Fsp3) is 0.0909. The summed E-state index contributed by atoms with van der Waals surface area (Å²) in [5.74, 6) is -3.24. The van der Waals surface area contributed by atoms with Crippen LogP contribution in [0.15, 0.2) is 22.7 Å². The number of ether oxygens (including phenoxy) is 1. The fourth-order valence-electron chi connectivity index (χ4n) is 1.41. The number of carbonyl (C=O) groups is 1. The highest BCUT2D eigenvalue weighted by atomic mass is 19.2. The second-order valence-corrected chi connectivity index (χ2v) is 3.43. The van der Waals surface area contributed by atoms with Gasteiger partial charge in [0.1, 0.15) is 0 Å². The number of halogens is 2. The van der Waals surface area contributed by atoms with Crippen LogP contribution in [0.25, 0.3) is 11.3 Å². The Balaban J connectivity index is 2.57. The van der Waals surface area contributed by atoms with Crippen molar-refractivity contribution in [3.8, 4) is 11.3 Å². The number of nitrogens with two attached hydrogens (primary N) is 1. The Morgan fingerprint density at radius 3 is 2.67 bits per heavy atom. The highest BCUT2D eigenvalue weighted by Gasteiger charge is 2.19. The molecule has 7 heteroatoms. The van der Waals surface area contributed by atoms with Gasteiger partial charge in [0.25, 0.3) is 0 Å². The van der Waals surface area contributed by atoms with Crippen LogP contribution in [0.1, 0.15) is 10.4 Å². The summed E-state index contributed by atoms with van der Waals surface area (Å²) < 4.78 is 35.9. The van der Waals surface area contributed by atoms with E-state index in [1.807, 2.05) is 0 Å². The van der Waals surface area contributed by atoms with Gasteiger partial charge in [0.2, 0.25) is 0 Å². The van der Waals surface area contributed by atoms with E-state index in [9.17, 15) is 13.6 Å². The molecule has 94 valence electrons. The Kier molecular flexibility index (Phi) is 2.97. The fourth-order valence-corrected chi connectivity index (χ4v) is 1.41. The molecule has 0 saturated carbocycles. The molecule has 5 nitrogen and oxygen atoms in total. The van der Waals surface area contributed by atoms with Gasteiger partial charge in [-0.1, -0.05) is 5.16 Å². The van der Waals surface area contributed by atoms with Crippen LogP contribution < -0.4 is 5.73 Å². The second kappa shape index (κ2) is 4.44. The minimum atomic E-state index is -1.28. The number of esters is 1. The number of benzene rings is 1. The van der Waals surface area contributed by atoms with E-state index in [4.69, 9.17) is 10.3 Å². The molecule has 1 heterocycles. The van der Waals surface area contributed by atoms with E-state index in [2.05, 4.69) is 9.89 Å². The van der Waals surface area contributed by atoms with Gasteiger partial charge in [-0.25, -0.2) is 13.6 Å². The van der Waals surface area contributed by atoms with Crippen molar-refractivity contribution in [2.45, 2.75) is 0 Å². The summed E-state index contributed by atoms with van der Waals surface area (Å²) in [5, 5.41) is 3.41. The second-order valence-electron chi connectivity index (χ2n) is 3.43. The zero-order valence-corrected chi connectivity index (χ0v) is 9.24. The summed E-state index contributed by atoms with van der Waals surface area (Å²) in [6, 6.07) is 3.31. The topological polar surface area (TPSA) is 78.4 Å². The highest BCUT2D eigenvalue weighted by Crippen LogP contribution is 2.26. The van der Waals surface area contributed by atoms with E-state index >= 15 is 0 Å². The number of hydrogen-bond donors (Lipinski definition) is 1. The van der Waals surface area contributed by atoms with Crippen molar-refractivity contribution in [1.29, 1.82) is 0 Å². The van der Waals surface area contributed by atoms with Crippen molar-refractivity contribution < 1.29 is 22.8 Å². The molecule has 2 aromatic rings. The van der Waals surface area contributed by atoms with Crippen LogP contribution in [0.2, 0.25) is 0 Å². The number of nitrogens with zero attached hydrogens (tertiary/aromatic N) is 1. The number of nitrogen functional groups attached to an aromatic ring is 1. The monoisotopic (exact) mass is 254 g/mol. The number of methoxy groups -OCH3 is 1. The van der Waals surface area contributed by atoms with Crippen molar-refractivity contribution >= 4 is 11.8 Å². The molecule has 0 bridgehead atoms. The summed E-state index contributed by atoms with van der Waals surface area (Å²) in [6.45, 7) is 0. The number of rotatable bonds is 2. The van der Waals surface area contributed by atoms with E-state index in [-0.39, 0.29) is 17.1 Å². The number of carbonyl (C=O) groups excluding carboxylic acids is 1. The Hall–Kier alpha value is -2.44. The molecule has 0 spiro atoms. The molecule has 2 rings (SSSR count). The molecule has 0 aliphatic carbocycles. The lowest BCUT2D eigenvalue weighted by Crippen LogP contribution is -2.06. The summed E-state index contributed by atoms with van der Waals surface area (Å²) in [5.41, 5.74) is 4.96. The molecule has 0 radical (unpaired) electrons. The van der Waals surface area contributed by atoms with Crippen LogP contribution in [-0.4, -0.2) is 18.2 Å². The molecule has 1 aromatic heterocycles. The van der Waals surface area contributed by atoms with Crippen molar-refractivity contribution in [1.82, 2.24) is 5.16 Å². The molecule has 2 N–H and O–H groups in total. The van der Waals surface area contributed by atoms with Crippen molar-refractivity contribution in [3.63, 3.8) is 0 Å². The maximum atomic E-state index is 13.4. The van der Waals surface area contributed by atoms with Crippen LogP contribution >= 0.6 is 0 Å². The standard InChI is InChI=1S/C11H8F2N2O3/c1-17-11(16)6-2-5(3-7(12)10(6)13)8-4-9(14)15-18-8/h2-4H,1H3,(H2,14,15). The van der Waals surface area contributed by atoms with E-state index < -0.39 is 23.2 Å². The smallest absolute Gasteiger partial charge is 0.340 e. The van der Waals surface area contributed by atoms with Crippen molar-refractivity contribution in [2.24, 2.45) is 0 Å². The number of anilines is 1. The van der Waals surface area contributed by atoms with Crippen LogP contribution in [0.5, 0.6) is 0 Å². The first-order chi connectivity index (χ1) is 8.52. The van der Waals surface area contributed by atoms with E-state index in [1.165, 1.54) is 6.07 Å². The molecule has 1 aromatic carbocycles. The summed E-state index contributed by atoms with van der Waals surface area (Å²) in [4.78, 5) is 11.3. The van der Waals surface area contributed by atoms with Gasteiger partial charge < -0.3 is 15.0 Å². The lowest BCUT2D eigenvalue weighted by Gasteiger charge is -2.04. The van der Waals surface area contributed by atoms with Gasteiger partial charge in [-0.15, -0.1) is 0 Å². The Labute approximate surface area is 100 Å². The van der Waals surface area contributed by atoms with Crippen molar-refractivity contribution in [2.75, 3.05) is 12.8 Å². The largest absolute Gasteiger partial charge is 0.465 e. The summed E-state index contributed by atoms with van der Waals surface area (Å²) >= 11 is 0. The van der Waals surface area contributed by atoms with Gasteiger partial charge in [0.05, 0.1) is 12.7 Å². The predicted molar refractivity (Wildman–Crippen MR) is 57.6 cm³/mol. The van der Waals surface area contributed by atoms with Gasteiger partial charge >= 0.3 is 5.97 Å². The Morgan fingerprint density at radius 1 is 1.39 bits per heavy atom. The normalized spacial score (nSPS) is 10.4. The summed E-state index contributed by atoms with van der Waals surface area (Å²) in [7, 11) is 1.07. The number of hydrogen-bond acceptors (Lipinski definition) is 5. The van der Waals surface area contributed by atoms with E-state index in [0.717, 1.165) is 19.2 Å². The first-order valence-corrected chi connectivity index (χ1v) is 4.83. The average molecular weight is 254 g/mol. The van der Waals surface area contributed by atoms with Gasteiger partial charge in [0.15, 0.2) is 23.2 Å². The average Bonchev–Trinajstić information content (AvgIpc) is 2.78. The van der Waals surface area contributed by atoms with E-state index in [0.29, 0.717) is 0 Å². The van der Waals surface area contributed by atoms with Crippen LogP contribution in [0, 0.1) is 11.6 Å². The first-order valence-electron chi connectivity index (χ1n) is 4.83. The maximum Gasteiger partial charge on any atom is 0.340 e. The predicted octanol–water partition coefficient (Wildman–Crippen LogP) is 1.99. The third-order valence-corrected chi connectivity index (χ3v) is 2.25. The molecule has 0 atom stereocenters. The SMILES string of the molecule is COC(=O)c1cc(-c2cc(N)no2)cc(F)c1F. The highest BCUT2D eigenvalue weighted by molar-refractivity contribution is 5.91. The Bertz CT molecular complexity index is 610. The van der Waals surface area contributed by atoms with Crippen LogP contribution in [0.4, 0.5) is 14.6 Å². The van der Waals surface area contributed by atoms with E-state index in [1.54, 1.807) is 0 Å².